The van der Waals surface area contributed by atoms with Crippen molar-refractivity contribution in [1.29, 1.82) is 0 Å². The van der Waals surface area contributed by atoms with Gasteiger partial charge in [0, 0.05) is 20.1 Å². The van der Waals surface area contributed by atoms with Crippen molar-refractivity contribution in [2.24, 2.45) is 0 Å². The molecule has 0 aromatic heterocycles. The predicted octanol–water partition coefficient (Wildman–Crippen LogP) is 1.16. The van der Waals surface area contributed by atoms with Crippen LogP contribution in [0.3, 0.4) is 0 Å². The molecule has 0 aliphatic carbocycles. The Morgan fingerprint density at radius 3 is 2.41 bits per heavy atom. The van der Waals surface area contributed by atoms with Crippen molar-refractivity contribution >= 4 is 23.2 Å². The van der Waals surface area contributed by atoms with E-state index in [4.69, 9.17) is 4.74 Å². The molecule has 0 unspecified atom stereocenters. The maximum absolute atomic E-state index is 13.1. The molecule has 1 saturated heterocycles. The van der Waals surface area contributed by atoms with Crippen LogP contribution in [0.4, 0.5) is 24.5 Å². The summed E-state index contributed by atoms with van der Waals surface area (Å²) < 4.78 is 44.5. The predicted molar refractivity (Wildman–Crippen MR) is 94.7 cm³/mol. The van der Waals surface area contributed by atoms with Gasteiger partial charge >= 0.3 is 6.18 Å². The van der Waals surface area contributed by atoms with Crippen LogP contribution in [0.25, 0.3) is 0 Å². The van der Waals surface area contributed by atoms with Crippen LogP contribution in [0.15, 0.2) is 18.2 Å². The number of halogens is 3. The maximum Gasteiger partial charge on any atom is 0.416 e. The molecule has 10 heteroatoms. The van der Waals surface area contributed by atoms with Gasteiger partial charge in [0.05, 0.1) is 43.2 Å². The van der Waals surface area contributed by atoms with Gasteiger partial charge in [-0.15, -0.1) is 0 Å². The molecule has 1 aromatic rings. The highest BCUT2D eigenvalue weighted by atomic mass is 19.4. The summed E-state index contributed by atoms with van der Waals surface area (Å²) in [4.78, 5) is 27.0. The van der Waals surface area contributed by atoms with Crippen LogP contribution in [-0.4, -0.2) is 70.2 Å². The Kier molecular flexibility index (Phi) is 7.03. The van der Waals surface area contributed by atoms with Crippen molar-refractivity contribution < 1.29 is 27.5 Å². The van der Waals surface area contributed by atoms with Crippen molar-refractivity contribution in [1.82, 2.24) is 10.2 Å². The van der Waals surface area contributed by atoms with E-state index in [9.17, 15) is 22.8 Å². The van der Waals surface area contributed by atoms with Crippen LogP contribution in [0.2, 0.25) is 0 Å². The first-order valence-corrected chi connectivity index (χ1v) is 8.43. The van der Waals surface area contributed by atoms with E-state index in [0.717, 1.165) is 12.1 Å². The summed E-state index contributed by atoms with van der Waals surface area (Å²) in [5, 5.41) is 4.99. The molecule has 0 bridgehead atoms. The molecule has 1 fully saturated rings. The summed E-state index contributed by atoms with van der Waals surface area (Å²) in [7, 11) is 3.05. The minimum Gasteiger partial charge on any atom is -0.378 e. The Morgan fingerprint density at radius 1 is 1.19 bits per heavy atom. The molecule has 2 rings (SSSR count). The van der Waals surface area contributed by atoms with E-state index >= 15 is 0 Å². The number of carbonyl (C=O) groups excluding carboxylic acids is 2. The van der Waals surface area contributed by atoms with E-state index in [-0.39, 0.29) is 24.7 Å². The fourth-order valence-corrected chi connectivity index (χ4v) is 2.71. The summed E-state index contributed by atoms with van der Waals surface area (Å²) in [5.41, 5.74) is -0.243. The van der Waals surface area contributed by atoms with E-state index in [2.05, 4.69) is 10.6 Å². The number of hydrogen-bond acceptors (Lipinski definition) is 5. The van der Waals surface area contributed by atoms with Crippen LogP contribution in [0.1, 0.15) is 5.56 Å². The molecule has 0 saturated carbocycles. The van der Waals surface area contributed by atoms with Gasteiger partial charge in [-0.3, -0.25) is 14.5 Å². The van der Waals surface area contributed by atoms with Crippen LogP contribution in [0, 0.1) is 0 Å². The van der Waals surface area contributed by atoms with Crippen LogP contribution >= 0.6 is 0 Å². The lowest BCUT2D eigenvalue weighted by Gasteiger charge is -2.31. The number of carbonyl (C=O) groups is 2. The molecule has 0 spiro atoms. The zero-order chi connectivity index (χ0) is 20.0. The molecule has 0 atom stereocenters. The molecular formula is C17H23F3N4O3. The van der Waals surface area contributed by atoms with Crippen molar-refractivity contribution in [2.75, 3.05) is 63.7 Å². The molecule has 1 heterocycles. The summed E-state index contributed by atoms with van der Waals surface area (Å²) in [6.07, 6.45) is -4.51. The average molecular weight is 388 g/mol. The SMILES string of the molecule is CNC(=O)CN(C)CC(=O)Nc1cc(C(F)(F)F)ccc1N1CCOCC1. The number of likely N-dealkylation sites (N-methyl/N-ethyl adjacent to an activating group) is 2. The number of anilines is 2. The van der Waals surface area contributed by atoms with Crippen molar-refractivity contribution in [3.8, 4) is 0 Å². The van der Waals surface area contributed by atoms with Gasteiger partial charge in [0.25, 0.3) is 0 Å². The Labute approximate surface area is 155 Å². The molecule has 27 heavy (non-hydrogen) atoms. The fraction of sp³-hybridized carbons (Fsp3) is 0.529. The molecule has 150 valence electrons. The van der Waals surface area contributed by atoms with Gasteiger partial charge in [-0.25, -0.2) is 0 Å². The second-order valence-electron chi connectivity index (χ2n) is 6.22. The lowest BCUT2D eigenvalue weighted by atomic mass is 10.1. The number of benzene rings is 1. The van der Waals surface area contributed by atoms with Gasteiger partial charge in [0.2, 0.25) is 11.8 Å². The number of morpholine rings is 1. The highest BCUT2D eigenvalue weighted by Crippen LogP contribution is 2.35. The third kappa shape index (κ3) is 6.10. The van der Waals surface area contributed by atoms with E-state index in [1.807, 2.05) is 4.90 Å². The third-order valence-electron chi connectivity index (χ3n) is 4.06. The number of amides is 2. The van der Waals surface area contributed by atoms with Gasteiger partial charge in [0.1, 0.15) is 0 Å². The summed E-state index contributed by atoms with van der Waals surface area (Å²) >= 11 is 0. The minimum atomic E-state index is -4.51. The first kappa shape index (κ1) is 21.0. The van der Waals surface area contributed by atoms with Crippen molar-refractivity contribution in [3.05, 3.63) is 23.8 Å². The van der Waals surface area contributed by atoms with E-state index in [0.29, 0.717) is 32.0 Å². The monoisotopic (exact) mass is 388 g/mol. The second-order valence-corrected chi connectivity index (χ2v) is 6.22. The first-order chi connectivity index (χ1) is 12.7. The van der Waals surface area contributed by atoms with E-state index < -0.39 is 17.6 Å². The largest absolute Gasteiger partial charge is 0.416 e. The van der Waals surface area contributed by atoms with Gasteiger partial charge in [-0.05, 0) is 25.2 Å². The molecule has 1 aliphatic heterocycles. The highest BCUT2D eigenvalue weighted by molar-refractivity contribution is 5.96. The number of hydrogen-bond donors (Lipinski definition) is 2. The Balaban J connectivity index is 2.18. The Morgan fingerprint density at radius 2 is 1.81 bits per heavy atom. The number of alkyl halides is 3. The van der Waals surface area contributed by atoms with E-state index in [1.54, 1.807) is 7.05 Å². The smallest absolute Gasteiger partial charge is 0.378 e. The molecule has 0 radical (unpaired) electrons. The summed E-state index contributed by atoms with van der Waals surface area (Å²) in [6, 6.07) is 3.29. The van der Waals surface area contributed by atoms with Crippen LogP contribution < -0.4 is 15.5 Å². The molecule has 1 aliphatic rings. The quantitative estimate of drug-likeness (QED) is 0.765. The van der Waals surface area contributed by atoms with Gasteiger partial charge in [0.15, 0.2) is 0 Å². The maximum atomic E-state index is 13.1. The van der Waals surface area contributed by atoms with Crippen LogP contribution in [-0.2, 0) is 20.5 Å². The molecular weight excluding hydrogens is 365 g/mol. The van der Waals surface area contributed by atoms with Gasteiger partial charge in [-0.1, -0.05) is 0 Å². The average Bonchev–Trinajstić information content (AvgIpc) is 2.61. The Bertz CT molecular complexity index is 676. The molecule has 7 nitrogen and oxygen atoms in total. The molecule has 1 aromatic carbocycles. The van der Waals surface area contributed by atoms with E-state index in [1.165, 1.54) is 18.0 Å². The van der Waals surface area contributed by atoms with Gasteiger partial charge in [-0.2, -0.15) is 13.2 Å². The summed E-state index contributed by atoms with van der Waals surface area (Å²) in [5.74, 6) is -0.770. The Hall–Kier alpha value is -2.33. The standard InChI is InChI=1S/C17H23F3N4O3/c1-21-15(25)10-23(2)11-16(26)22-13-9-12(17(18,19)20)3-4-14(13)24-5-7-27-8-6-24/h3-4,9H,5-8,10-11H2,1-2H3,(H,21,25)(H,22,26). The topological polar surface area (TPSA) is 73.9 Å². The number of nitrogens with one attached hydrogen (secondary N) is 2. The zero-order valence-electron chi connectivity index (χ0n) is 15.2. The lowest BCUT2D eigenvalue weighted by molar-refractivity contribution is -0.137. The molecule has 2 N–H and O–H groups in total. The fourth-order valence-electron chi connectivity index (χ4n) is 2.71. The number of rotatable bonds is 6. The minimum absolute atomic E-state index is 0.00281. The molecule has 2 amide bonds. The first-order valence-electron chi connectivity index (χ1n) is 8.43. The van der Waals surface area contributed by atoms with Crippen molar-refractivity contribution in [3.63, 3.8) is 0 Å². The lowest BCUT2D eigenvalue weighted by Crippen LogP contribution is -2.39. The number of ether oxygens (including phenoxy) is 1. The highest BCUT2D eigenvalue weighted by Gasteiger charge is 2.32. The third-order valence-corrected chi connectivity index (χ3v) is 4.06. The number of nitrogens with zero attached hydrogens (tertiary/aromatic N) is 2. The van der Waals surface area contributed by atoms with Crippen molar-refractivity contribution in [2.45, 2.75) is 6.18 Å². The second kappa shape index (κ2) is 9.05. The van der Waals surface area contributed by atoms with Crippen LogP contribution in [0.5, 0.6) is 0 Å². The normalized spacial score (nSPS) is 15.0. The summed E-state index contributed by atoms with van der Waals surface area (Å²) in [6.45, 7) is 1.83. The zero-order valence-corrected chi connectivity index (χ0v) is 15.2. The van der Waals surface area contributed by atoms with Gasteiger partial charge < -0.3 is 20.3 Å².